The van der Waals surface area contributed by atoms with E-state index in [2.05, 4.69) is 9.47 Å². The molecule has 0 aliphatic rings. The van der Waals surface area contributed by atoms with Gasteiger partial charge < -0.3 is 19.3 Å². The van der Waals surface area contributed by atoms with Gasteiger partial charge in [-0.2, -0.15) is 0 Å². The Balaban J connectivity index is 4.42. The largest absolute Gasteiger partial charge is 0.478 e. The molecule has 1 N–H and O–H groups in total. The fourth-order valence-electron chi connectivity index (χ4n) is 1.25. The molecule has 21 heavy (non-hydrogen) atoms. The number of carboxylic acid groups (broad SMARTS) is 1. The van der Waals surface area contributed by atoms with Gasteiger partial charge in [0.1, 0.15) is 0 Å². The van der Waals surface area contributed by atoms with Crippen molar-refractivity contribution in [1.29, 1.82) is 0 Å². The van der Waals surface area contributed by atoms with E-state index in [1.54, 1.807) is 0 Å². The van der Waals surface area contributed by atoms with Crippen LogP contribution in [-0.2, 0) is 33.4 Å². The second-order valence-corrected chi connectivity index (χ2v) is 4.29. The smallest absolute Gasteiger partial charge is 0.348 e. The SMILES string of the molecule is CCCCOC(=O)C[C@H](OC(=O)[C@H](C)OC(C)=O)C(=O)O. The predicted molar refractivity (Wildman–Crippen MR) is 69.2 cm³/mol. The minimum Gasteiger partial charge on any atom is -0.478 e. The molecule has 8 heteroatoms. The summed E-state index contributed by atoms with van der Waals surface area (Å²) in [7, 11) is 0. The van der Waals surface area contributed by atoms with Crippen molar-refractivity contribution in [3.63, 3.8) is 0 Å². The van der Waals surface area contributed by atoms with Crippen LogP contribution in [-0.4, -0.2) is 47.8 Å². The topological polar surface area (TPSA) is 116 Å². The Morgan fingerprint density at radius 1 is 1.14 bits per heavy atom. The van der Waals surface area contributed by atoms with Gasteiger partial charge in [0.15, 0.2) is 6.10 Å². The highest BCUT2D eigenvalue weighted by molar-refractivity contribution is 5.85. The van der Waals surface area contributed by atoms with E-state index in [1.807, 2.05) is 6.92 Å². The second kappa shape index (κ2) is 9.73. The summed E-state index contributed by atoms with van der Waals surface area (Å²) >= 11 is 0. The number of esters is 3. The third kappa shape index (κ3) is 8.61. The number of carbonyl (C=O) groups excluding carboxylic acids is 3. The number of carbonyl (C=O) groups is 4. The molecule has 0 aliphatic heterocycles. The van der Waals surface area contributed by atoms with Gasteiger partial charge in [0.25, 0.3) is 0 Å². The fraction of sp³-hybridized carbons (Fsp3) is 0.692. The van der Waals surface area contributed by atoms with Crippen LogP contribution in [0.5, 0.6) is 0 Å². The summed E-state index contributed by atoms with van der Waals surface area (Å²) in [4.78, 5) is 44.6. The first-order valence-electron chi connectivity index (χ1n) is 6.54. The number of carboxylic acids is 1. The fourth-order valence-corrected chi connectivity index (χ4v) is 1.25. The van der Waals surface area contributed by atoms with Crippen molar-refractivity contribution >= 4 is 23.9 Å². The van der Waals surface area contributed by atoms with Crippen molar-refractivity contribution in [2.45, 2.75) is 52.2 Å². The zero-order valence-electron chi connectivity index (χ0n) is 12.3. The Labute approximate surface area is 122 Å². The zero-order chi connectivity index (χ0) is 16.4. The van der Waals surface area contributed by atoms with Crippen LogP contribution in [0.25, 0.3) is 0 Å². The molecule has 0 spiro atoms. The maximum absolute atomic E-state index is 11.5. The van der Waals surface area contributed by atoms with Crippen LogP contribution in [0.4, 0.5) is 0 Å². The molecular weight excluding hydrogens is 284 g/mol. The lowest BCUT2D eigenvalue weighted by Crippen LogP contribution is -2.35. The molecule has 0 amide bonds. The Kier molecular flexibility index (Phi) is 8.75. The Morgan fingerprint density at radius 2 is 1.76 bits per heavy atom. The highest BCUT2D eigenvalue weighted by Gasteiger charge is 2.29. The number of ether oxygens (including phenoxy) is 3. The lowest BCUT2D eigenvalue weighted by Gasteiger charge is -2.16. The molecule has 0 saturated carbocycles. The third-order valence-electron chi connectivity index (χ3n) is 2.32. The summed E-state index contributed by atoms with van der Waals surface area (Å²) in [5.74, 6) is -4.00. The molecule has 0 aromatic heterocycles. The van der Waals surface area contributed by atoms with Crippen molar-refractivity contribution in [1.82, 2.24) is 0 Å². The summed E-state index contributed by atoms with van der Waals surface area (Å²) in [6, 6.07) is 0. The van der Waals surface area contributed by atoms with Gasteiger partial charge in [-0.15, -0.1) is 0 Å². The quantitative estimate of drug-likeness (QED) is 0.375. The summed E-state index contributed by atoms with van der Waals surface area (Å²) in [6.07, 6.45) is -2.04. The lowest BCUT2D eigenvalue weighted by atomic mass is 10.2. The van der Waals surface area contributed by atoms with Gasteiger partial charge in [0.2, 0.25) is 6.10 Å². The van der Waals surface area contributed by atoms with Crippen LogP contribution in [0.1, 0.15) is 40.0 Å². The summed E-state index contributed by atoms with van der Waals surface area (Å²) in [5.41, 5.74) is 0. The third-order valence-corrected chi connectivity index (χ3v) is 2.32. The number of aliphatic carboxylic acids is 1. The number of rotatable bonds is 9. The summed E-state index contributed by atoms with van der Waals surface area (Å²) < 4.78 is 14.0. The zero-order valence-corrected chi connectivity index (χ0v) is 12.3. The Bertz CT molecular complexity index is 390. The van der Waals surface area contributed by atoms with Gasteiger partial charge >= 0.3 is 23.9 Å². The Morgan fingerprint density at radius 3 is 2.24 bits per heavy atom. The molecule has 120 valence electrons. The van der Waals surface area contributed by atoms with Gasteiger partial charge in [-0.3, -0.25) is 9.59 Å². The van der Waals surface area contributed by atoms with Crippen LogP contribution in [0.2, 0.25) is 0 Å². The van der Waals surface area contributed by atoms with Crippen LogP contribution >= 0.6 is 0 Å². The first-order chi connectivity index (χ1) is 9.77. The molecule has 8 nitrogen and oxygen atoms in total. The van der Waals surface area contributed by atoms with Gasteiger partial charge in [0.05, 0.1) is 13.0 Å². The highest BCUT2D eigenvalue weighted by atomic mass is 16.6. The second-order valence-electron chi connectivity index (χ2n) is 4.29. The summed E-state index contributed by atoms with van der Waals surface area (Å²) in [6.45, 7) is 4.43. The molecule has 0 aliphatic carbocycles. The lowest BCUT2D eigenvalue weighted by molar-refractivity contribution is -0.177. The Hall–Kier alpha value is -2.12. The minimum atomic E-state index is -1.68. The van der Waals surface area contributed by atoms with E-state index < -0.39 is 42.5 Å². The monoisotopic (exact) mass is 304 g/mol. The number of hydrogen-bond donors (Lipinski definition) is 1. The number of hydrogen-bond acceptors (Lipinski definition) is 7. The average molecular weight is 304 g/mol. The van der Waals surface area contributed by atoms with E-state index in [9.17, 15) is 19.2 Å². The van der Waals surface area contributed by atoms with Crippen molar-refractivity contribution in [2.75, 3.05) is 6.61 Å². The predicted octanol–water partition coefficient (Wildman–Crippen LogP) is 0.668. The maximum Gasteiger partial charge on any atom is 0.348 e. The standard InChI is InChI=1S/C13H20O8/c1-4-5-6-19-11(15)7-10(12(16)17)21-13(18)8(2)20-9(3)14/h8,10H,4-7H2,1-3H3,(H,16,17)/t8-,10-/m0/s1. The van der Waals surface area contributed by atoms with Crippen molar-refractivity contribution in [3.8, 4) is 0 Å². The summed E-state index contributed by atoms with van der Waals surface area (Å²) in [5, 5.41) is 8.91. The van der Waals surface area contributed by atoms with E-state index >= 15 is 0 Å². The van der Waals surface area contributed by atoms with Gasteiger partial charge in [0, 0.05) is 6.92 Å². The van der Waals surface area contributed by atoms with Gasteiger partial charge in [-0.05, 0) is 13.3 Å². The van der Waals surface area contributed by atoms with Crippen molar-refractivity contribution in [3.05, 3.63) is 0 Å². The normalized spacial score (nSPS) is 12.9. The molecule has 0 radical (unpaired) electrons. The van der Waals surface area contributed by atoms with Crippen molar-refractivity contribution < 1.29 is 38.5 Å². The van der Waals surface area contributed by atoms with E-state index in [0.29, 0.717) is 6.42 Å². The molecule has 0 bridgehead atoms. The molecule has 0 unspecified atom stereocenters. The average Bonchev–Trinajstić information content (AvgIpc) is 2.37. The molecule has 2 atom stereocenters. The molecule has 0 saturated heterocycles. The molecule has 0 heterocycles. The maximum atomic E-state index is 11.5. The van der Waals surface area contributed by atoms with E-state index in [4.69, 9.17) is 9.84 Å². The van der Waals surface area contributed by atoms with Crippen LogP contribution in [0.3, 0.4) is 0 Å². The highest BCUT2D eigenvalue weighted by Crippen LogP contribution is 2.06. The van der Waals surface area contributed by atoms with Crippen LogP contribution < -0.4 is 0 Å². The van der Waals surface area contributed by atoms with Crippen LogP contribution in [0, 0.1) is 0 Å². The molecule has 0 aromatic rings. The first kappa shape index (κ1) is 18.9. The molecular formula is C13H20O8. The molecule has 0 aromatic carbocycles. The minimum absolute atomic E-state index is 0.180. The van der Waals surface area contributed by atoms with Gasteiger partial charge in [-0.1, -0.05) is 13.3 Å². The first-order valence-corrected chi connectivity index (χ1v) is 6.54. The van der Waals surface area contributed by atoms with E-state index in [0.717, 1.165) is 13.3 Å². The van der Waals surface area contributed by atoms with Crippen LogP contribution in [0.15, 0.2) is 0 Å². The van der Waals surface area contributed by atoms with E-state index in [-0.39, 0.29) is 6.61 Å². The van der Waals surface area contributed by atoms with Gasteiger partial charge in [-0.25, -0.2) is 9.59 Å². The molecule has 0 rings (SSSR count). The van der Waals surface area contributed by atoms with E-state index in [1.165, 1.54) is 6.92 Å². The molecule has 0 fully saturated rings. The number of unbranched alkanes of at least 4 members (excludes halogenated alkanes) is 1. The van der Waals surface area contributed by atoms with Crippen molar-refractivity contribution in [2.24, 2.45) is 0 Å².